The Balaban J connectivity index is 1.62. The lowest BCUT2D eigenvalue weighted by molar-refractivity contribution is -0.139. The molecule has 1 aromatic heterocycles. The van der Waals surface area contributed by atoms with Gasteiger partial charge in [0.1, 0.15) is 5.78 Å². The monoisotopic (exact) mass is 388 g/mol. The van der Waals surface area contributed by atoms with Crippen LogP contribution < -0.4 is 5.32 Å². The molecule has 29 heavy (non-hydrogen) atoms. The fraction of sp³-hybridized carbons (Fsp3) is 0.292. The van der Waals surface area contributed by atoms with Gasteiger partial charge in [-0.25, -0.2) is 4.79 Å². The molecule has 5 nitrogen and oxygen atoms in total. The zero-order chi connectivity index (χ0) is 20.2. The lowest BCUT2D eigenvalue weighted by Gasteiger charge is -2.37. The number of benzene rings is 1. The van der Waals surface area contributed by atoms with Crippen LogP contribution in [0, 0.1) is 5.92 Å². The second-order valence-corrected chi connectivity index (χ2v) is 7.44. The Bertz CT molecular complexity index is 964. The third kappa shape index (κ3) is 3.99. The van der Waals surface area contributed by atoms with E-state index in [1.54, 1.807) is 12.4 Å². The van der Waals surface area contributed by atoms with E-state index in [4.69, 9.17) is 4.74 Å². The number of hydrogen-bond acceptors (Lipinski definition) is 5. The smallest absolute Gasteiger partial charge is 0.336 e. The summed E-state index contributed by atoms with van der Waals surface area (Å²) >= 11 is 0. The maximum absolute atomic E-state index is 13.1. The number of carbonyl (C=O) groups excluding carboxylic acids is 2. The molecule has 0 radical (unpaired) electrons. The summed E-state index contributed by atoms with van der Waals surface area (Å²) in [5.74, 6) is -0.960. The van der Waals surface area contributed by atoms with Crippen LogP contribution in [0.2, 0.25) is 0 Å². The normalized spacial score (nSPS) is 21.1. The summed E-state index contributed by atoms with van der Waals surface area (Å²) in [6.07, 6.45) is 7.34. The van der Waals surface area contributed by atoms with Crippen molar-refractivity contribution >= 4 is 11.8 Å². The number of hydrogen-bond donors (Lipinski definition) is 1. The molecule has 1 aromatic carbocycles. The van der Waals surface area contributed by atoms with Crippen LogP contribution in [0.15, 0.2) is 77.9 Å². The lowest BCUT2D eigenvalue weighted by atomic mass is 9.71. The molecule has 1 N–H and O–H groups in total. The van der Waals surface area contributed by atoms with E-state index in [0.717, 1.165) is 28.9 Å². The molecule has 0 fully saturated rings. The van der Waals surface area contributed by atoms with Crippen molar-refractivity contribution in [2.75, 3.05) is 6.61 Å². The first-order valence-corrected chi connectivity index (χ1v) is 9.96. The van der Waals surface area contributed by atoms with E-state index in [1.807, 2.05) is 49.4 Å². The Kier molecular flexibility index (Phi) is 5.56. The molecule has 2 heterocycles. The molecule has 0 saturated heterocycles. The maximum atomic E-state index is 13.1. The molecular formula is C24H24N2O3. The van der Waals surface area contributed by atoms with Gasteiger partial charge in [-0.2, -0.15) is 0 Å². The van der Waals surface area contributed by atoms with Crippen LogP contribution in [-0.2, 0) is 20.7 Å². The molecule has 2 unspecified atom stereocenters. The SMILES string of the molecule is CC1=C(C(=O)OCCc2ccccc2)C(c2ccncc2)C2C(=O)CCC=C2N1. The van der Waals surface area contributed by atoms with Crippen molar-refractivity contribution < 1.29 is 14.3 Å². The predicted octanol–water partition coefficient (Wildman–Crippen LogP) is 3.69. The van der Waals surface area contributed by atoms with Gasteiger partial charge in [-0.05, 0) is 36.6 Å². The number of rotatable bonds is 5. The van der Waals surface area contributed by atoms with Crippen molar-refractivity contribution in [2.45, 2.75) is 32.1 Å². The van der Waals surface area contributed by atoms with E-state index in [0.29, 0.717) is 25.0 Å². The van der Waals surface area contributed by atoms with Crippen LogP contribution in [0.5, 0.6) is 0 Å². The fourth-order valence-electron chi connectivity index (χ4n) is 4.20. The number of aromatic nitrogens is 1. The molecule has 5 heteroatoms. The number of ketones is 1. The maximum Gasteiger partial charge on any atom is 0.336 e. The highest BCUT2D eigenvalue weighted by Crippen LogP contribution is 2.43. The highest BCUT2D eigenvalue weighted by atomic mass is 16.5. The number of fused-ring (bicyclic) bond motifs is 1. The summed E-state index contributed by atoms with van der Waals surface area (Å²) in [5.41, 5.74) is 4.19. The molecule has 0 saturated carbocycles. The number of pyridine rings is 1. The number of esters is 1. The van der Waals surface area contributed by atoms with E-state index in [-0.39, 0.29) is 23.6 Å². The van der Waals surface area contributed by atoms with Gasteiger partial charge in [0.25, 0.3) is 0 Å². The van der Waals surface area contributed by atoms with Crippen LogP contribution >= 0.6 is 0 Å². The molecule has 1 aliphatic heterocycles. The second kappa shape index (κ2) is 8.43. The van der Waals surface area contributed by atoms with Gasteiger partial charge in [-0.15, -0.1) is 0 Å². The van der Waals surface area contributed by atoms with E-state index >= 15 is 0 Å². The van der Waals surface area contributed by atoms with Gasteiger partial charge < -0.3 is 10.1 Å². The largest absolute Gasteiger partial charge is 0.462 e. The van der Waals surface area contributed by atoms with Crippen molar-refractivity contribution in [3.05, 3.63) is 89.0 Å². The predicted molar refractivity (Wildman–Crippen MR) is 110 cm³/mol. The third-order valence-electron chi connectivity index (χ3n) is 5.57. The minimum absolute atomic E-state index is 0.152. The summed E-state index contributed by atoms with van der Waals surface area (Å²) in [5, 5.41) is 3.29. The van der Waals surface area contributed by atoms with E-state index in [2.05, 4.69) is 16.4 Å². The van der Waals surface area contributed by atoms with Gasteiger partial charge >= 0.3 is 5.97 Å². The Morgan fingerprint density at radius 3 is 2.66 bits per heavy atom. The lowest BCUT2D eigenvalue weighted by Crippen LogP contribution is -2.40. The van der Waals surface area contributed by atoms with Crippen molar-refractivity contribution in [3.8, 4) is 0 Å². The number of Topliss-reactive ketones (excluding diaryl/α,β-unsaturated/α-hetero) is 1. The van der Waals surface area contributed by atoms with Crippen LogP contribution in [0.3, 0.4) is 0 Å². The number of carbonyl (C=O) groups is 2. The summed E-state index contributed by atoms with van der Waals surface area (Å²) in [6.45, 7) is 2.17. The molecule has 1 aliphatic carbocycles. The van der Waals surface area contributed by atoms with Gasteiger partial charge in [0.2, 0.25) is 0 Å². The van der Waals surface area contributed by atoms with Crippen LogP contribution in [0.25, 0.3) is 0 Å². The summed E-state index contributed by atoms with van der Waals surface area (Å²) < 4.78 is 5.64. The zero-order valence-corrected chi connectivity index (χ0v) is 16.4. The van der Waals surface area contributed by atoms with Gasteiger partial charge in [0.05, 0.1) is 18.1 Å². The Hall–Kier alpha value is -3.21. The minimum Gasteiger partial charge on any atom is -0.462 e. The highest BCUT2D eigenvalue weighted by Gasteiger charge is 2.43. The quantitative estimate of drug-likeness (QED) is 0.791. The van der Waals surface area contributed by atoms with Crippen molar-refractivity contribution in [3.63, 3.8) is 0 Å². The van der Waals surface area contributed by atoms with Crippen molar-refractivity contribution in [1.82, 2.24) is 10.3 Å². The number of nitrogens with one attached hydrogen (secondary N) is 1. The average Bonchev–Trinajstić information content (AvgIpc) is 2.74. The minimum atomic E-state index is -0.383. The van der Waals surface area contributed by atoms with E-state index in [9.17, 15) is 9.59 Å². The first-order valence-electron chi connectivity index (χ1n) is 9.96. The molecule has 0 amide bonds. The highest BCUT2D eigenvalue weighted by molar-refractivity contribution is 5.96. The summed E-state index contributed by atoms with van der Waals surface area (Å²) in [7, 11) is 0. The topological polar surface area (TPSA) is 68.3 Å². The van der Waals surface area contributed by atoms with Crippen LogP contribution in [-0.4, -0.2) is 23.3 Å². The van der Waals surface area contributed by atoms with Crippen molar-refractivity contribution in [2.24, 2.45) is 5.92 Å². The van der Waals surface area contributed by atoms with Crippen LogP contribution in [0.4, 0.5) is 0 Å². The first kappa shape index (κ1) is 19.1. The molecule has 0 bridgehead atoms. The summed E-state index contributed by atoms with van der Waals surface area (Å²) in [6, 6.07) is 13.7. The summed E-state index contributed by atoms with van der Waals surface area (Å²) in [4.78, 5) is 30.0. The van der Waals surface area contributed by atoms with Crippen molar-refractivity contribution in [1.29, 1.82) is 0 Å². The molecule has 0 spiro atoms. The zero-order valence-electron chi connectivity index (χ0n) is 16.4. The van der Waals surface area contributed by atoms with Gasteiger partial charge in [0.15, 0.2) is 0 Å². The van der Waals surface area contributed by atoms with Gasteiger partial charge in [-0.1, -0.05) is 36.4 Å². The Morgan fingerprint density at radius 1 is 1.14 bits per heavy atom. The fourth-order valence-corrected chi connectivity index (χ4v) is 4.20. The number of nitrogens with zero attached hydrogens (tertiary/aromatic N) is 1. The van der Waals surface area contributed by atoms with Crippen LogP contribution in [0.1, 0.15) is 36.8 Å². The number of ether oxygens (including phenoxy) is 1. The second-order valence-electron chi connectivity index (χ2n) is 7.44. The standard InChI is InChI=1S/C24H24N2O3/c1-16-21(24(28)29-15-12-17-6-3-2-4-7-17)22(18-10-13-25-14-11-18)23-19(26-16)8-5-9-20(23)27/h2-4,6-8,10-11,13-14,22-23,26H,5,9,12,15H2,1H3. The molecule has 2 atom stereocenters. The van der Waals surface area contributed by atoms with Gasteiger partial charge in [0, 0.05) is 42.5 Å². The Labute approximate surface area is 170 Å². The van der Waals surface area contributed by atoms with E-state index in [1.165, 1.54) is 0 Å². The average molecular weight is 388 g/mol. The molecule has 2 aliphatic rings. The molecular weight excluding hydrogens is 364 g/mol. The molecule has 2 aromatic rings. The Morgan fingerprint density at radius 2 is 1.90 bits per heavy atom. The first-order chi connectivity index (χ1) is 14.1. The molecule has 4 rings (SSSR count). The van der Waals surface area contributed by atoms with Gasteiger partial charge in [-0.3, -0.25) is 9.78 Å². The molecule has 148 valence electrons. The van der Waals surface area contributed by atoms with E-state index < -0.39 is 0 Å². The third-order valence-corrected chi connectivity index (χ3v) is 5.57. The number of allylic oxidation sites excluding steroid dienone is 3.